The van der Waals surface area contributed by atoms with Gasteiger partial charge in [-0.3, -0.25) is 9.59 Å². The van der Waals surface area contributed by atoms with Crippen LogP contribution in [0.5, 0.6) is 0 Å². The van der Waals surface area contributed by atoms with Gasteiger partial charge in [0.15, 0.2) is 0 Å². The van der Waals surface area contributed by atoms with E-state index in [1.807, 2.05) is 0 Å². The highest BCUT2D eigenvalue weighted by Crippen LogP contribution is 2.17. The molecule has 1 amide bonds. The van der Waals surface area contributed by atoms with Gasteiger partial charge in [-0.2, -0.15) is 0 Å². The van der Waals surface area contributed by atoms with E-state index in [9.17, 15) is 19.8 Å². The number of ether oxygens (including phenoxy) is 1. The predicted molar refractivity (Wildman–Crippen MR) is 273 cm³/mol. The smallest absolute Gasteiger partial charge is 0.305 e. The van der Waals surface area contributed by atoms with E-state index in [0.717, 1.165) is 44.9 Å². The Morgan fingerprint density at radius 2 is 0.746 bits per heavy atom. The third-order valence-corrected chi connectivity index (χ3v) is 13.3. The molecule has 0 fully saturated rings. The van der Waals surface area contributed by atoms with E-state index < -0.39 is 12.1 Å². The number of amides is 1. The zero-order valence-corrected chi connectivity index (χ0v) is 42.6. The van der Waals surface area contributed by atoms with Gasteiger partial charge >= 0.3 is 5.97 Å². The predicted octanol–water partition coefficient (Wildman–Crippen LogP) is 17.3. The summed E-state index contributed by atoms with van der Waals surface area (Å²) in [5.74, 6) is -0.0334. The van der Waals surface area contributed by atoms with E-state index in [-0.39, 0.29) is 18.5 Å². The molecule has 0 aromatic heterocycles. The Morgan fingerprint density at radius 3 is 1.13 bits per heavy atom. The van der Waals surface area contributed by atoms with Gasteiger partial charge in [-0.1, -0.05) is 264 Å². The molecule has 6 nitrogen and oxygen atoms in total. The van der Waals surface area contributed by atoms with E-state index in [4.69, 9.17) is 4.74 Å². The van der Waals surface area contributed by atoms with Crippen LogP contribution in [0.3, 0.4) is 0 Å². The van der Waals surface area contributed by atoms with E-state index in [0.29, 0.717) is 25.9 Å². The normalized spacial score (nSPS) is 12.6. The molecule has 0 heterocycles. The van der Waals surface area contributed by atoms with Gasteiger partial charge in [0.2, 0.25) is 5.91 Å². The summed E-state index contributed by atoms with van der Waals surface area (Å²) in [5, 5.41) is 23.1. The van der Waals surface area contributed by atoms with Crippen molar-refractivity contribution < 1.29 is 24.5 Å². The SMILES string of the molecule is CCCCCCCC/C=C\CCCCCCCCCCCC(=O)OCCCCCCCCCCCCCCCCCCCCC(=O)NC(CO)C(O)CCCCCCCCCCC. The van der Waals surface area contributed by atoms with Crippen molar-refractivity contribution in [3.63, 3.8) is 0 Å². The lowest BCUT2D eigenvalue weighted by Gasteiger charge is -2.22. The molecule has 0 saturated carbocycles. The summed E-state index contributed by atoms with van der Waals surface area (Å²) >= 11 is 0. The summed E-state index contributed by atoms with van der Waals surface area (Å²) in [4.78, 5) is 24.5. The molecule has 0 aromatic carbocycles. The first-order valence-electron chi connectivity index (χ1n) is 28.4. The topological polar surface area (TPSA) is 95.9 Å². The molecule has 0 aliphatic carbocycles. The second kappa shape index (κ2) is 53.2. The van der Waals surface area contributed by atoms with Crippen molar-refractivity contribution in [1.82, 2.24) is 5.32 Å². The van der Waals surface area contributed by atoms with E-state index >= 15 is 0 Å². The highest BCUT2D eigenvalue weighted by Gasteiger charge is 2.20. The number of unbranched alkanes of at least 4 members (excludes halogenated alkanes) is 40. The minimum atomic E-state index is -0.664. The summed E-state index contributed by atoms with van der Waals surface area (Å²) in [6.07, 6.45) is 62.1. The highest BCUT2D eigenvalue weighted by molar-refractivity contribution is 5.76. The fraction of sp³-hybridized carbons (Fsp3) is 0.930. The number of aliphatic hydroxyl groups excluding tert-OH is 2. The fourth-order valence-corrected chi connectivity index (χ4v) is 8.93. The van der Waals surface area contributed by atoms with Gasteiger partial charge in [0, 0.05) is 12.8 Å². The van der Waals surface area contributed by atoms with Crippen LogP contribution in [-0.4, -0.2) is 47.4 Å². The molecule has 3 N–H and O–H groups in total. The number of hydrogen-bond acceptors (Lipinski definition) is 5. The number of allylic oxidation sites excluding steroid dienone is 2. The molecule has 0 saturated heterocycles. The molecule has 2 unspecified atom stereocenters. The number of aliphatic hydroxyl groups is 2. The third-order valence-electron chi connectivity index (χ3n) is 13.3. The largest absolute Gasteiger partial charge is 0.466 e. The van der Waals surface area contributed by atoms with Crippen LogP contribution in [-0.2, 0) is 14.3 Å². The summed E-state index contributed by atoms with van der Waals surface area (Å²) in [5.41, 5.74) is 0. The van der Waals surface area contributed by atoms with Crippen molar-refractivity contribution >= 4 is 11.9 Å². The van der Waals surface area contributed by atoms with E-state index in [1.165, 1.54) is 238 Å². The molecular formula is C57H111NO5. The maximum atomic E-state index is 12.4. The monoisotopic (exact) mass is 890 g/mol. The molecule has 0 bridgehead atoms. The lowest BCUT2D eigenvalue weighted by molar-refractivity contribution is -0.143. The first kappa shape index (κ1) is 61.6. The highest BCUT2D eigenvalue weighted by atomic mass is 16.5. The number of esters is 1. The summed E-state index contributed by atoms with van der Waals surface area (Å²) < 4.78 is 5.49. The maximum Gasteiger partial charge on any atom is 0.305 e. The van der Waals surface area contributed by atoms with Gasteiger partial charge in [0.25, 0.3) is 0 Å². The van der Waals surface area contributed by atoms with Crippen LogP contribution < -0.4 is 5.32 Å². The van der Waals surface area contributed by atoms with Gasteiger partial charge in [-0.25, -0.2) is 0 Å². The molecule has 0 aliphatic heterocycles. The van der Waals surface area contributed by atoms with Crippen LogP contribution >= 0.6 is 0 Å². The van der Waals surface area contributed by atoms with Crippen LogP contribution in [0, 0.1) is 0 Å². The molecule has 0 aromatic rings. The summed E-state index contributed by atoms with van der Waals surface area (Å²) in [6.45, 7) is 4.93. The Hall–Kier alpha value is -1.40. The van der Waals surface area contributed by atoms with Gasteiger partial charge in [0.05, 0.1) is 25.4 Å². The average Bonchev–Trinajstić information content (AvgIpc) is 3.28. The van der Waals surface area contributed by atoms with Crippen molar-refractivity contribution in [3.8, 4) is 0 Å². The average molecular weight is 891 g/mol. The van der Waals surface area contributed by atoms with Crippen LogP contribution in [0.2, 0.25) is 0 Å². The van der Waals surface area contributed by atoms with Crippen molar-refractivity contribution in [3.05, 3.63) is 12.2 Å². The van der Waals surface area contributed by atoms with Crippen LogP contribution in [0.15, 0.2) is 12.2 Å². The molecule has 63 heavy (non-hydrogen) atoms. The number of carbonyl (C=O) groups is 2. The lowest BCUT2D eigenvalue weighted by Crippen LogP contribution is -2.45. The third kappa shape index (κ3) is 49.9. The van der Waals surface area contributed by atoms with Crippen molar-refractivity contribution in [1.29, 1.82) is 0 Å². The molecule has 0 aliphatic rings. The Kier molecular flexibility index (Phi) is 52.0. The molecule has 0 radical (unpaired) electrons. The lowest BCUT2D eigenvalue weighted by atomic mass is 10.0. The van der Waals surface area contributed by atoms with Gasteiger partial charge < -0.3 is 20.3 Å². The van der Waals surface area contributed by atoms with Crippen molar-refractivity contribution in [2.24, 2.45) is 0 Å². The zero-order chi connectivity index (χ0) is 45.8. The van der Waals surface area contributed by atoms with Crippen molar-refractivity contribution in [2.45, 2.75) is 328 Å². The van der Waals surface area contributed by atoms with E-state index in [1.54, 1.807) is 0 Å². The summed E-state index contributed by atoms with van der Waals surface area (Å²) in [6, 6.07) is -0.541. The first-order chi connectivity index (χ1) is 31.0. The number of nitrogens with one attached hydrogen (secondary N) is 1. The number of hydrogen-bond donors (Lipinski definition) is 3. The molecule has 2 atom stereocenters. The van der Waals surface area contributed by atoms with Crippen LogP contribution in [0.4, 0.5) is 0 Å². The Labute approximate surface area is 393 Å². The van der Waals surface area contributed by atoms with Crippen LogP contribution in [0.1, 0.15) is 316 Å². The first-order valence-corrected chi connectivity index (χ1v) is 28.4. The van der Waals surface area contributed by atoms with Gasteiger partial charge in [-0.05, 0) is 51.4 Å². The number of carbonyl (C=O) groups excluding carboxylic acids is 2. The number of rotatable bonds is 53. The second-order valence-electron chi connectivity index (χ2n) is 19.6. The Balaban J connectivity index is 3.35. The summed E-state index contributed by atoms with van der Waals surface area (Å²) in [7, 11) is 0. The molecule has 6 heteroatoms. The molecule has 0 spiro atoms. The maximum absolute atomic E-state index is 12.4. The molecule has 0 rings (SSSR count). The van der Waals surface area contributed by atoms with Crippen molar-refractivity contribution in [2.75, 3.05) is 13.2 Å². The Bertz CT molecular complexity index is 939. The van der Waals surface area contributed by atoms with Gasteiger partial charge in [0.1, 0.15) is 0 Å². The fourth-order valence-electron chi connectivity index (χ4n) is 8.93. The standard InChI is InChI=1S/C57H111NO5/c1-3-5-7-9-11-13-14-15-16-17-18-22-25-28-31-35-39-43-47-51-57(62)63-52-48-44-40-36-32-29-26-23-20-19-21-24-27-30-34-38-42-46-50-56(61)58-54(53-59)55(60)49-45-41-37-33-12-10-8-6-4-2/h15-16,54-55,59-60H,3-14,17-53H2,1-2H3,(H,58,61)/b16-15-. The Morgan fingerprint density at radius 1 is 0.429 bits per heavy atom. The molecular weight excluding hydrogens is 779 g/mol. The second-order valence-corrected chi connectivity index (χ2v) is 19.6. The van der Waals surface area contributed by atoms with Gasteiger partial charge in [-0.15, -0.1) is 0 Å². The quantitative estimate of drug-likeness (QED) is 0.0321. The minimum Gasteiger partial charge on any atom is -0.466 e. The minimum absolute atomic E-state index is 0.00711. The zero-order valence-electron chi connectivity index (χ0n) is 42.6. The molecule has 374 valence electrons. The van der Waals surface area contributed by atoms with Crippen LogP contribution in [0.25, 0.3) is 0 Å². The van der Waals surface area contributed by atoms with E-state index in [2.05, 4.69) is 31.3 Å².